The molecule has 0 aliphatic heterocycles. The molecular weight excluding hydrogens is 318 g/mol. The van der Waals surface area contributed by atoms with Crippen molar-refractivity contribution in [1.29, 1.82) is 0 Å². The minimum atomic E-state index is 0.131. The van der Waals surface area contributed by atoms with E-state index in [9.17, 15) is 0 Å². The highest BCUT2D eigenvalue weighted by Crippen LogP contribution is 2.30. The van der Waals surface area contributed by atoms with Crippen molar-refractivity contribution in [2.75, 3.05) is 11.1 Å². The van der Waals surface area contributed by atoms with Crippen LogP contribution < -0.4 is 11.1 Å². The van der Waals surface area contributed by atoms with E-state index in [1.165, 1.54) is 0 Å². The summed E-state index contributed by atoms with van der Waals surface area (Å²) >= 11 is 3.42. The number of aromatic nitrogens is 3. The predicted octanol–water partition coefficient (Wildman–Crippen LogP) is 3.48. The number of benzene rings is 1. The maximum Gasteiger partial charge on any atom is 0.0954 e. The van der Waals surface area contributed by atoms with Gasteiger partial charge in [0.1, 0.15) is 0 Å². The largest absolute Gasteiger partial charge is 0.398 e. The fourth-order valence-electron chi connectivity index (χ4n) is 2.15. The summed E-state index contributed by atoms with van der Waals surface area (Å²) in [4.78, 5) is 4.46. The molecule has 1 unspecified atom stereocenters. The summed E-state index contributed by atoms with van der Waals surface area (Å²) in [7, 11) is 0. The summed E-state index contributed by atoms with van der Waals surface area (Å²) in [5.41, 5.74) is 9.64. The Labute approximate surface area is 124 Å². The van der Waals surface area contributed by atoms with Gasteiger partial charge in [-0.25, -0.2) is 0 Å². The fraction of sp³-hybridized carbons (Fsp3) is 0.143. The fourth-order valence-corrected chi connectivity index (χ4v) is 2.48. The molecule has 0 saturated carbocycles. The molecule has 20 heavy (non-hydrogen) atoms. The number of H-pyrrole nitrogens is 1. The van der Waals surface area contributed by atoms with Crippen molar-refractivity contribution in [3.05, 3.63) is 46.8 Å². The molecule has 2 heterocycles. The number of aromatic amines is 1. The van der Waals surface area contributed by atoms with E-state index >= 15 is 0 Å². The Morgan fingerprint density at radius 2 is 2.20 bits per heavy atom. The van der Waals surface area contributed by atoms with E-state index in [1.54, 1.807) is 12.4 Å². The molecule has 6 heteroatoms. The van der Waals surface area contributed by atoms with Gasteiger partial charge in [-0.15, -0.1) is 0 Å². The number of nitrogens with two attached hydrogens (primary N) is 1. The van der Waals surface area contributed by atoms with Crippen molar-refractivity contribution >= 4 is 38.2 Å². The summed E-state index contributed by atoms with van der Waals surface area (Å²) in [6, 6.07) is 5.95. The number of anilines is 2. The topological polar surface area (TPSA) is 79.6 Å². The van der Waals surface area contributed by atoms with Gasteiger partial charge in [0.15, 0.2) is 0 Å². The van der Waals surface area contributed by atoms with Crippen LogP contribution in [0.4, 0.5) is 11.4 Å². The summed E-state index contributed by atoms with van der Waals surface area (Å²) in [6.07, 6.45) is 5.46. The maximum atomic E-state index is 6.02. The van der Waals surface area contributed by atoms with Gasteiger partial charge in [0, 0.05) is 33.5 Å². The molecule has 4 N–H and O–H groups in total. The zero-order valence-electron chi connectivity index (χ0n) is 10.9. The number of halogens is 1. The first kappa shape index (κ1) is 12.9. The molecule has 0 saturated heterocycles. The molecule has 0 amide bonds. The summed E-state index contributed by atoms with van der Waals surface area (Å²) in [5, 5.41) is 11.2. The first-order valence-corrected chi connectivity index (χ1v) is 7.03. The highest BCUT2D eigenvalue weighted by molar-refractivity contribution is 9.10. The van der Waals surface area contributed by atoms with E-state index in [1.807, 2.05) is 24.4 Å². The highest BCUT2D eigenvalue weighted by Gasteiger charge is 2.11. The Hall–Kier alpha value is -2.08. The third-order valence-corrected chi connectivity index (χ3v) is 3.68. The lowest BCUT2D eigenvalue weighted by molar-refractivity contribution is 0.887. The lowest BCUT2D eigenvalue weighted by Gasteiger charge is -2.16. The number of hydrogen-bond acceptors (Lipinski definition) is 4. The normalized spacial score (nSPS) is 12.5. The van der Waals surface area contributed by atoms with E-state index < -0.39 is 0 Å². The number of hydrogen-bond donors (Lipinski definition) is 3. The van der Waals surface area contributed by atoms with Crippen molar-refractivity contribution in [2.24, 2.45) is 0 Å². The number of pyridine rings is 1. The molecule has 0 spiro atoms. The van der Waals surface area contributed by atoms with Crippen molar-refractivity contribution in [2.45, 2.75) is 13.0 Å². The number of fused-ring (bicyclic) bond motifs is 1. The van der Waals surface area contributed by atoms with Crippen LogP contribution in [0.3, 0.4) is 0 Å². The Bertz CT molecular complexity index is 739. The van der Waals surface area contributed by atoms with E-state index in [-0.39, 0.29) is 6.04 Å². The first-order valence-electron chi connectivity index (χ1n) is 6.24. The van der Waals surface area contributed by atoms with Gasteiger partial charge in [0.05, 0.1) is 23.4 Å². The van der Waals surface area contributed by atoms with Gasteiger partial charge >= 0.3 is 0 Å². The van der Waals surface area contributed by atoms with Crippen LogP contribution in [-0.2, 0) is 0 Å². The van der Waals surface area contributed by atoms with E-state index in [2.05, 4.69) is 43.4 Å². The molecule has 102 valence electrons. The van der Waals surface area contributed by atoms with Crippen LogP contribution in [0, 0.1) is 0 Å². The Kier molecular flexibility index (Phi) is 3.31. The molecule has 3 rings (SSSR count). The summed E-state index contributed by atoms with van der Waals surface area (Å²) in [6.45, 7) is 2.08. The quantitative estimate of drug-likeness (QED) is 0.642. The number of nitrogens with zero attached hydrogens (tertiary/aromatic N) is 2. The van der Waals surface area contributed by atoms with Crippen LogP contribution in [0.25, 0.3) is 10.9 Å². The monoisotopic (exact) mass is 331 g/mol. The zero-order valence-corrected chi connectivity index (χ0v) is 12.5. The van der Waals surface area contributed by atoms with Crippen LogP contribution in [0.5, 0.6) is 0 Å². The van der Waals surface area contributed by atoms with Crippen LogP contribution >= 0.6 is 15.9 Å². The lowest BCUT2D eigenvalue weighted by Crippen LogP contribution is -2.07. The van der Waals surface area contributed by atoms with E-state index in [0.29, 0.717) is 0 Å². The standard InChI is InChI=1S/C14H14BrN5/c1-8(9-5-18-19-6-9)20-13-3-2-12(16)11-4-10(15)7-17-14(11)13/h2-8,20H,16H2,1H3,(H,18,19). The van der Waals surface area contributed by atoms with Crippen LogP contribution in [0.1, 0.15) is 18.5 Å². The molecule has 0 fully saturated rings. The predicted molar refractivity (Wildman–Crippen MR) is 84.5 cm³/mol. The van der Waals surface area contributed by atoms with Crippen molar-refractivity contribution < 1.29 is 0 Å². The van der Waals surface area contributed by atoms with Crippen LogP contribution in [0.15, 0.2) is 41.3 Å². The Morgan fingerprint density at radius 3 is 2.95 bits per heavy atom. The number of nitrogens with one attached hydrogen (secondary N) is 2. The second-order valence-corrected chi connectivity index (χ2v) is 5.57. The smallest absolute Gasteiger partial charge is 0.0954 e. The minimum absolute atomic E-state index is 0.131. The average molecular weight is 332 g/mol. The minimum Gasteiger partial charge on any atom is -0.398 e. The van der Waals surface area contributed by atoms with Gasteiger partial charge < -0.3 is 11.1 Å². The van der Waals surface area contributed by atoms with Gasteiger partial charge in [0.25, 0.3) is 0 Å². The molecular formula is C14H14BrN5. The number of nitrogen functional groups attached to an aromatic ring is 1. The summed E-state index contributed by atoms with van der Waals surface area (Å²) in [5.74, 6) is 0. The lowest BCUT2D eigenvalue weighted by atomic mass is 10.1. The van der Waals surface area contributed by atoms with Crippen molar-refractivity contribution in [1.82, 2.24) is 15.2 Å². The molecule has 0 radical (unpaired) electrons. The van der Waals surface area contributed by atoms with Gasteiger partial charge in [-0.05, 0) is 41.1 Å². The SMILES string of the molecule is CC(Nc1ccc(N)c2cc(Br)cnc12)c1cn[nH]c1. The second kappa shape index (κ2) is 5.13. The van der Waals surface area contributed by atoms with Gasteiger partial charge in [-0.2, -0.15) is 5.10 Å². The molecule has 0 aliphatic carbocycles. The van der Waals surface area contributed by atoms with Gasteiger partial charge in [0.2, 0.25) is 0 Å². The Balaban J connectivity index is 2.02. The Morgan fingerprint density at radius 1 is 1.35 bits per heavy atom. The van der Waals surface area contributed by atoms with Crippen LogP contribution in [-0.4, -0.2) is 15.2 Å². The average Bonchev–Trinajstić information content (AvgIpc) is 2.96. The van der Waals surface area contributed by atoms with E-state index in [4.69, 9.17) is 5.73 Å². The molecule has 1 atom stereocenters. The highest BCUT2D eigenvalue weighted by atomic mass is 79.9. The molecule has 1 aromatic carbocycles. The molecule has 0 bridgehead atoms. The van der Waals surface area contributed by atoms with Gasteiger partial charge in [-0.3, -0.25) is 10.1 Å². The molecule has 2 aromatic heterocycles. The van der Waals surface area contributed by atoms with Crippen LogP contribution in [0.2, 0.25) is 0 Å². The third-order valence-electron chi connectivity index (χ3n) is 3.24. The first-order chi connectivity index (χ1) is 9.65. The van der Waals surface area contributed by atoms with Crippen molar-refractivity contribution in [3.8, 4) is 0 Å². The summed E-state index contributed by atoms with van der Waals surface area (Å²) < 4.78 is 0.914. The second-order valence-electron chi connectivity index (χ2n) is 4.65. The molecule has 5 nitrogen and oxygen atoms in total. The third kappa shape index (κ3) is 2.34. The number of rotatable bonds is 3. The maximum absolute atomic E-state index is 6.02. The van der Waals surface area contributed by atoms with Gasteiger partial charge in [-0.1, -0.05) is 0 Å². The zero-order chi connectivity index (χ0) is 14.1. The molecule has 0 aliphatic rings. The molecule has 3 aromatic rings. The van der Waals surface area contributed by atoms with Crippen molar-refractivity contribution in [3.63, 3.8) is 0 Å². The van der Waals surface area contributed by atoms with E-state index in [0.717, 1.165) is 32.3 Å².